The highest BCUT2D eigenvalue weighted by atomic mass is 14.9. The maximum atomic E-state index is 5.57. The number of hydrogen-bond donors (Lipinski definition) is 2. The van der Waals surface area contributed by atoms with E-state index in [2.05, 4.69) is 36.5 Å². The van der Waals surface area contributed by atoms with Crippen LogP contribution in [-0.4, -0.2) is 6.54 Å². The van der Waals surface area contributed by atoms with Crippen LogP contribution in [-0.2, 0) is 13.1 Å². The van der Waals surface area contributed by atoms with Crippen LogP contribution < -0.4 is 11.1 Å². The SMILES string of the molecule is CCC1(CNCc2ccc(CN)cc2)CC1. The van der Waals surface area contributed by atoms with Crippen LogP contribution >= 0.6 is 0 Å². The van der Waals surface area contributed by atoms with Gasteiger partial charge < -0.3 is 11.1 Å². The van der Waals surface area contributed by atoms with Gasteiger partial charge in [0.1, 0.15) is 0 Å². The highest BCUT2D eigenvalue weighted by Gasteiger charge is 2.39. The first-order chi connectivity index (χ1) is 7.78. The minimum Gasteiger partial charge on any atom is -0.326 e. The van der Waals surface area contributed by atoms with Crippen molar-refractivity contribution in [1.29, 1.82) is 0 Å². The zero-order valence-corrected chi connectivity index (χ0v) is 10.1. The standard InChI is InChI=1S/C14H22N2/c1-2-14(7-8-14)11-16-10-13-5-3-12(9-15)4-6-13/h3-6,16H,2,7-11,15H2,1H3. The molecule has 2 nitrogen and oxygen atoms in total. The Morgan fingerprint density at radius 3 is 2.31 bits per heavy atom. The lowest BCUT2D eigenvalue weighted by atomic mass is 10.0. The van der Waals surface area contributed by atoms with Gasteiger partial charge in [0.2, 0.25) is 0 Å². The maximum absolute atomic E-state index is 5.57. The van der Waals surface area contributed by atoms with Crippen LogP contribution in [0.25, 0.3) is 0 Å². The van der Waals surface area contributed by atoms with Crippen LogP contribution in [0, 0.1) is 5.41 Å². The molecule has 1 aliphatic rings. The summed E-state index contributed by atoms with van der Waals surface area (Å²) in [4.78, 5) is 0. The lowest BCUT2D eigenvalue weighted by Gasteiger charge is -2.13. The van der Waals surface area contributed by atoms with Gasteiger partial charge in [0.05, 0.1) is 0 Å². The molecule has 0 amide bonds. The van der Waals surface area contributed by atoms with Crippen LogP contribution in [0.3, 0.4) is 0 Å². The largest absolute Gasteiger partial charge is 0.326 e. The summed E-state index contributed by atoms with van der Waals surface area (Å²) in [5.41, 5.74) is 8.76. The van der Waals surface area contributed by atoms with Gasteiger partial charge in [-0.1, -0.05) is 31.2 Å². The Kier molecular flexibility index (Phi) is 3.62. The molecule has 88 valence electrons. The Balaban J connectivity index is 1.76. The zero-order chi connectivity index (χ0) is 11.4. The van der Waals surface area contributed by atoms with Gasteiger partial charge in [-0.05, 0) is 35.8 Å². The molecule has 0 aliphatic heterocycles. The van der Waals surface area contributed by atoms with Crippen LogP contribution in [0.5, 0.6) is 0 Å². The lowest BCUT2D eigenvalue weighted by molar-refractivity contribution is 0.443. The van der Waals surface area contributed by atoms with E-state index in [1.807, 2.05) is 0 Å². The molecular weight excluding hydrogens is 196 g/mol. The molecule has 0 saturated heterocycles. The molecule has 2 heteroatoms. The second kappa shape index (κ2) is 4.98. The predicted molar refractivity (Wildman–Crippen MR) is 68.0 cm³/mol. The van der Waals surface area contributed by atoms with Gasteiger partial charge in [0.25, 0.3) is 0 Å². The third kappa shape index (κ3) is 2.83. The maximum Gasteiger partial charge on any atom is 0.0205 e. The second-order valence-electron chi connectivity index (χ2n) is 4.98. The second-order valence-corrected chi connectivity index (χ2v) is 4.98. The fourth-order valence-corrected chi connectivity index (χ4v) is 2.10. The first-order valence-corrected chi connectivity index (χ1v) is 6.27. The van der Waals surface area contributed by atoms with Crippen LogP contribution in [0.1, 0.15) is 37.3 Å². The molecule has 0 aromatic heterocycles. The summed E-state index contributed by atoms with van der Waals surface area (Å²) >= 11 is 0. The number of nitrogens with one attached hydrogen (secondary N) is 1. The van der Waals surface area contributed by atoms with E-state index in [1.54, 1.807) is 0 Å². The Bertz CT molecular complexity index is 325. The average Bonchev–Trinajstić information content (AvgIpc) is 3.11. The van der Waals surface area contributed by atoms with Gasteiger partial charge in [0.15, 0.2) is 0 Å². The first kappa shape index (κ1) is 11.6. The van der Waals surface area contributed by atoms with Crippen molar-refractivity contribution in [2.75, 3.05) is 6.54 Å². The normalized spacial score (nSPS) is 17.4. The van der Waals surface area contributed by atoms with E-state index in [0.29, 0.717) is 12.0 Å². The molecule has 3 N–H and O–H groups in total. The van der Waals surface area contributed by atoms with Crippen molar-refractivity contribution in [2.24, 2.45) is 11.1 Å². The molecule has 0 bridgehead atoms. The molecule has 0 unspecified atom stereocenters. The molecule has 2 rings (SSSR count). The smallest absolute Gasteiger partial charge is 0.0205 e. The molecule has 1 aliphatic carbocycles. The summed E-state index contributed by atoms with van der Waals surface area (Å²) in [5.74, 6) is 0. The van der Waals surface area contributed by atoms with Crippen LogP contribution in [0.15, 0.2) is 24.3 Å². The topological polar surface area (TPSA) is 38.0 Å². The zero-order valence-electron chi connectivity index (χ0n) is 10.1. The van der Waals surface area contributed by atoms with Crippen molar-refractivity contribution in [1.82, 2.24) is 5.32 Å². The first-order valence-electron chi connectivity index (χ1n) is 6.27. The van der Waals surface area contributed by atoms with Crippen molar-refractivity contribution >= 4 is 0 Å². The molecule has 1 aromatic rings. The quantitative estimate of drug-likeness (QED) is 0.769. The van der Waals surface area contributed by atoms with E-state index in [9.17, 15) is 0 Å². The Morgan fingerprint density at radius 2 is 1.81 bits per heavy atom. The summed E-state index contributed by atoms with van der Waals surface area (Å²) in [6, 6.07) is 8.56. The van der Waals surface area contributed by atoms with Gasteiger partial charge in [-0.25, -0.2) is 0 Å². The molecule has 0 radical (unpaired) electrons. The highest BCUT2D eigenvalue weighted by molar-refractivity contribution is 5.22. The Hall–Kier alpha value is -0.860. The van der Waals surface area contributed by atoms with E-state index in [1.165, 1.54) is 36.9 Å². The fraction of sp³-hybridized carbons (Fsp3) is 0.571. The van der Waals surface area contributed by atoms with Gasteiger partial charge in [-0.15, -0.1) is 0 Å². The Morgan fingerprint density at radius 1 is 1.19 bits per heavy atom. The minimum absolute atomic E-state index is 0.632. The number of hydrogen-bond acceptors (Lipinski definition) is 2. The molecule has 0 heterocycles. The third-order valence-corrected chi connectivity index (χ3v) is 3.79. The summed E-state index contributed by atoms with van der Waals surface area (Å²) < 4.78 is 0. The number of benzene rings is 1. The molecule has 1 saturated carbocycles. The molecule has 1 aromatic carbocycles. The summed E-state index contributed by atoms with van der Waals surface area (Å²) in [6.07, 6.45) is 4.12. The molecule has 1 fully saturated rings. The molecular formula is C14H22N2. The van der Waals surface area contributed by atoms with Crippen LogP contribution in [0.4, 0.5) is 0 Å². The number of nitrogens with two attached hydrogens (primary N) is 1. The van der Waals surface area contributed by atoms with E-state index < -0.39 is 0 Å². The van der Waals surface area contributed by atoms with Gasteiger partial charge in [0, 0.05) is 19.6 Å². The summed E-state index contributed by atoms with van der Waals surface area (Å²) in [7, 11) is 0. The Labute approximate surface area is 98.2 Å². The van der Waals surface area contributed by atoms with E-state index in [0.717, 1.165) is 6.54 Å². The van der Waals surface area contributed by atoms with Gasteiger partial charge in [-0.3, -0.25) is 0 Å². The van der Waals surface area contributed by atoms with Gasteiger partial charge in [-0.2, -0.15) is 0 Å². The van der Waals surface area contributed by atoms with Crippen LogP contribution in [0.2, 0.25) is 0 Å². The van der Waals surface area contributed by atoms with E-state index in [-0.39, 0.29) is 0 Å². The highest BCUT2D eigenvalue weighted by Crippen LogP contribution is 2.47. The summed E-state index contributed by atoms with van der Waals surface area (Å²) in [6.45, 7) is 5.08. The van der Waals surface area contributed by atoms with Gasteiger partial charge >= 0.3 is 0 Å². The van der Waals surface area contributed by atoms with Crippen molar-refractivity contribution in [3.63, 3.8) is 0 Å². The van der Waals surface area contributed by atoms with E-state index >= 15 is 0 Å². The fourth-order valence-electron chi connectivity index (χ4n) is 2.10. The third-order valence-electron chi connectivity index (χ3n) is 3.79. The van der Waals surface area contributed by atoms with Crippen molar-refractivity contribution in [3.8, 4) is 0 Å². The number of rotatable bonds is 6. The van der Waals surface area contributed by atoms with E-state index in [4.69, 9.17) is 5.73 Å². The minimum atomic E-state index is 0.632. The monoisotopic (exact) mass is 218 g/mol. The lowest BCUT2D eigenvalue weighted by Crippen LogP contribution is -2.23. The molecule has 16 heavy (non-hydrogen) atoms. The predicted octanol–water partition coefficient (Wildman–Crippen LogP) is 2.43. The van der Waals surface area contributed by atoms with Crippen molar-refractivity contribution < 1.29 is 0 Å². The summed E-state index contributed by atoms with van der Waals surface area (Å²) in [5, 5.41) is 3.56. The average molecular weight is 218 g/mol. The molecule has 0 atom stereocenters. The van der Waals surface area contributed by atoms with Crippen molar-refractivity contribution in [3.05, 3.63) is 35.4 Å². The van der Waals surface area contributed by atoms with Crippen molar-refractivity contribution in [2.45, 2.75) is 39.3 Å². The molecule has 0 spiro atoms.